The van der Waals surface area contributed by atoms with Crippen molar-refractivity contribution < 1.29 is 14.2 Å². The van der Waals surface area contributed by atoms with Crippen LogP contribution in [0.3, 0.4) is 0 Å². The number of fused-ring (bicyclic) bond motifs is 1. The highest BCUT2D eigenvalue weighted by Crippen LogP contribution is 2.29. The molecular formula is C25H25N3O4S3. The third-order valence-corrected chi connectivity index (χ3v) is 7.95. The molecule has 0 atom stereocenters. The van der Waals surface area contributed by atoms with Crippen molar-refractivity contribution in [1.29, 1.82) is 0 Å². The molecule has 2 aromatic carbocycles. The molecule has 182 valence electrons. The Hall–Kier alpha value is -2.50. The highest BCUT2D eigenvalue weighted by Gasteiger charge is 2.22. The number of hydrogen-bond acceptors (Lipinski definition) is 8. The van der Waals surface area contributed by atoms with E-state index in [-0.39, 0.29) is 11.8 Å². The van der Waals surface area contributed by atoms with E-state index in [0.29, 0.717) is 50.7 Å². The molecule has 0 amide bonds. The maximum Gasteiger partial charge on any atom is 0.278 e. The van der Waals surface area contributed by atoms with Crippen LogP contribution >= 0.6 is 35.3 Å². The van der Waals surface area contributed by atoms with E-state index < -0.39 is 0 Å². The lowest BCUT2D eigenvalue weighted by molar-refractivity contribution is -0.0215. The van der Waals surface area contributed by atoms with Crippen LogP contribution in [-0.4, -0.2) is 46.0 Å². The Bertz CT molecular complexity index is 1440. The van der Waals surface area contributed by atoms with Crippen molar-refractivity contribution in [2.75, 3.05) is 25.6 Å². The summed E-state index contributed by atoms with van der Waals surface area (Å²) < 4.78 is 21.4. The van der Waals surface area contributed by atoms with Gasteiger partial charge in [-0.3, -0.25) is 13.9 Å². The first-order valence-corrected chi connectivity index (χ1v) is 13.7. The van der Waals surface area contributed by atoms with Crippen LogP contribution in [0, 0.1) is 3.95 Å². The smallest absolute Gasteiger partial charge is 0.278 e. The van der Waals surface area contributed by atoms with Gasteiger partial charge in [0.15, 0.2) is 21.0 Å². The van der Waals surface area contributed by atoms with Crippen LogP contribution in [0.25, 0.3) is 21.7 Å². The molecule has 2 aromatic heterocycles. The monoisotopic (exact) mass is 527 g/mol. The molecule has 0 radical (unpaired) electrons. The van der Waals surface area contributed by atoms with Gasteiger partial charge in [0.05, 0.1) is 31.3 Å². The number of aryl methyl sites for hydroxylation is 1. The van der Waals surface area contributed by atoms with Crippen LogP contribution in [0.2, 0.25) is 0 Å². The number of thiazole rings is 1. The number of thioether (sulfide) groups is 1. The van der Waals surface area contributed by atoms with Gasteiger partial charge in [-0.2, -0.15) is 0 Å². The van der Waals surface area contributed by atoms with Crippen molar-refractivity contribution in [2.24, 2.45) is 0 Å². The van der Waals surface area contributed by atoms with Crippen molar-refractivity contribution in [3.8, 4) is 17.1 Å². The minimum Gasteiger partial charge on any atom is -0.494 e. The molecule has 35 heavy (non-hydrogen) atoms. The lowest BCUT2D eigenvalue weighted by Crippen LogP contribution is -2.22. The number of nitrogens with zero attached hydrogens (tertiary/aromatic N) is 3. The Morgan fingerprint density at radius 2 is 1.71 bits per heavy atom. The van der Waals surface area contributed by atoms with E-state index in [1.807, 2.05) is 47.9 Å². The third-order valence-electron chi connectivity index (χ3n) is 5.63. The lowest BCUT2D eigenvalue weighted by Gasteiger charge is -2.15. The van der Waals surface area contributed by atoms with Gasteiger partial charge in [-0.1, -0.05) is 42.2 Å². The van der Waals surface area contributed by atoms with E-state index in [4.69, 9.17) is 31.4 Å². The first-order chi connectivity index (χ1) is 17.1. The molecule has 1 fully saturated rings. The third kappa shape index (κ3) is 4.94. The number of benzene rings is 2. The number of aromatic nitrogens is 3. The quantitative estimate of drug-likeness (QED) is 0.173. The van der Waals surface area contributed by atoms with Gasteiger partial charge in [0, 0.05) is 5.69 Å². The normalized spacial score (nSPS) is 14.1. The summed E-state index contributed by atoms with van der Waals surface area (Å²) in [6, 6.07) is 15.6. The van der Waals surface area contributed by atoms with Gasteiger partial charge in [-0.15, -0.1) is 0 Å². The van der Waals surface area contributed by atoms with Crippen LogP contribution in [0.4, 0.5) is 0 Å². The van der Waals surface area contributed by atoms with Gasteiger partial charge in [-0.05, 0) is 67.5 Å². The minimum atomic E-state index is -0.327. The Morgan fingerprint density at radius 3 is 2.37 bits per heavy atom. The van der Waals surface area contributed by atoms with Gasteiger partial charge in [0.1, 0.15) is 10.4 Å². The maximum absolute atomic E-state index is 13.8. The predicted molar refractivity (Wildman–Crippen MR) is 142 cm³/mol. The topological polar surface area (TPSA) is 67.5 Å². The molecule has 0 saturated carbocycles. The summed E-state index contributed by atoms with van der Waals surface area (Å²) in [5.74, 6) is 1.27. The summed E-state index contributed by atoms with van der Waals surface area (Å²) in [5, 5.41) is 0.553. The van der Waals surface area contributed by atoms with E-state index in [2.05, 4.69) is 19.1 Å². The zero-order chi connectivity index (χ0) is 24.4. The van der Waals surface area contributed by atoms with Crippen LogP contribution in [0.15, 0.2) is 58.5 Å². The summed E-state index contributed by atoms with van der Waals surface area (Å²) in [4.78, 5) is 18.8. The Kier molecular flexibility index (Phi) is 7.35. The highest BCUT2D eigenvalue weighted by molar-refractivity contribution is 7.99. The molecule has 0 N–H and O–H groups in total. The second-order valence-electron chi connectivity index (χ2n) is 7.82. The molecule has 0 bridgehead atoms. The Morgan fingerprint density at radius 1 is 1.06 bits per heavy atom. The fourth-order valence-electron chi connectivity index (χ4n) is 3.87. The van der Waals surface area contributed by atoms with Crippen molar-refractivity contribution in [1.82, 2.24) is 14.1 Å². The molecule has 1 aliphatic heterocycles. The van der Waals surface area contributed by atoms with Crippen molar-refractivity contribution in [3.05, 3.63) is 68.4 Å². The highest BCUT2D eigenvalue weighted by atomic mass is 32.2. The summed E-state index contributed by atoms with van der Waals surface area (Å²) >= 11 is 8.40. The van der Waals surface area contributed by atoms with E-state index >= 15 is 0 Å². The van der Waals surface area contributed by atoms with E-state index in [0.717, 1.165) is 17.9 Å². The average molecular weight is 528 g/mol. The zero-order valence-electron chi connectivity index (χ0n) is 19.4. The molecular weight excluding hydrogens is 502 g/mol. The second kappa shape index (κ2) is 10.6. The minimum absolute atomic E-state index is 0.157. The van der Waals surface area contributed by atoms with Gasteiger partial charge >= 0.3 is 0 Å². The number of ether oxygens (including phenoxy) is 3. The number of hydrogen-bond donors (Lipinski definition) is 0. The fourth-order valence-corrected chi connectivity index (χ4v) is 6.13. The SMILES string of the molecule is CCOc1ccc(-n2c(SCC3OCCO3)nc3c(sc(=S)n3-c3ccc(CC)cc3)c2=O)cc1. The van der Waals surface area contributed by atoms with Crippen LogP contribution in [-0.2, 0) is 15.9 Å². The second-order valence-corrected chi connectivity index (χ2v) is 10.5. The summed E-state index contributed by atoms with van der Waals surface area (Å²) in [5.41, 5.74) is 3.24. The summed E-state index contributed by atoms with van der Waals surface area (Å²) in [7, 11) is 0. The molecule has 0 unspecified atom stereocenters. The van der Waals surface area contributed by atoms with Crippen molar-refractivity contribution >= 4 is 45.7 Å². The zero-order valence-corrected chi connectivity index (χ0v) is 21.9. The van der Waals surface area contributed by atoms with Gasteiger partial charge in [0.2, 0.25) is 0 Å². The molecule has 4 aromatic rings. The van der Waals surface area contributed by atoms with Crippen LogP contribution < -0.4 is 10.3 Å². The standard InChI is InChI=1S/C25H25N3O4S3/c1-3-16-5-7-17(8-6-16)27-22-21(35-25(27)33)23(29)28(18-9-11-19(12-10-18)30-4-2)24(26-22)34-15-20-31-13-14-32-20/h5-12,20H,3-4,13-15H2,1-2H3. The fraction of sp³-hybridized carbons (Fsp3) is 0.320. The molecule has 10 heteroatoms. The predicted octanol–water partition coefficient (Wildman–Crippen LogP) is 5.39. The largest absolute Gasteiger partial charge is 0.494 e. The summed E-state index contributed by atoms with van der Waals surface area (Å²) in [6.07, 6.45) is 0.625. The molecule has 0 spiro atoms. The van der Waals surface area contributed by atoms with E-state index in [9.17, 15) is 4.79 Å². The average Bonchev–Trinajstić information content (AvgIpc) is 3.51. The maximum atomic E-state index is 13.8. The van der Waals surface area contributed by atoms with Gasteiger partial charge in [-0.25, -0.2) is 4.98 Å². The molecule has 3 heterocycles. The number of rotatable bonds is 8. The molecule has 0 aliphatic carbocycles. The molecule has 1 saturated heterocycles. The Balaban J connectivity index is 1.65. The molecule has 5 rings (SSSR count). The lowest BCUT2D eigenvalue weighted by atomic mass is 10.1. The molecule has 7 nitrogen and oxygen atoms in total. The molecule has 1 aliphatic rings. The summed E-state index contributed by atoms with van der Waals surface area (Å²) in [6.45, 7) is 5.77. The van der Waals surface area contributed by atoms with Crippen LogP contribution in [0.1, 0.15) is 19.4 Å². The van der Waals surface area contributed by atoms with Gasteiger partial charge < -0.3 is 14.2 Å². The van der Waals surface area contributed by atoms with E-state index in [1.165, 1.54) is 28.7 Å². The van der Waals surface area contributed by atoms with E-state index in [1.54, 1.807) is 4.57 Å². The first kappa shape index (κ1) is 24.2. The van der Waals surface area contributed by atoms with Gasteiger partial charge in [0.25, 0.3) is 5.56 Å². The van der Waals surface area contributed by atoms with Crippen molar-refractivity contribution in [3.63, 3.8) is 0 Å². The van der Waals surface area contributed by atoms with Crippen molar-refractivity contribution in [2.45, 2.75) is 31.7 Å². The van der Waals surface area contributed by atoms with Crippen LogP contribution in [0.5, 0.6) is 5.75 Å². The Labute approximate surface area is 216 Å². The first-order valence-electron chi connectivity index (χ1n) is 11.5.